The maximum Gasteiger partial charge on any atom is 0.323 e. The van der Waals surface area contributed by atoms with E-state index in [-0.39, 0.29) is 12.0 Å². The summed E-state index contributed by atoms with van der Waals surface area (Å²) in [5.41, 5.74) is 1.32. The van der Waals surface area contributed by atoms with Crippen molar-refractivity contribution in [3.8, 4) is 0 Å². The van der Waals surface area contributed by atoms with Crippen LogP contribution in [0.3, 0.4) is 0 Å². The minimum absolute atomic E-state index is 0.0171. The Labute approximate surface area is 93.7 Å². The number of likely N-dealkylation sites (tertiary alicyclic amines) is 1. The molecule has 0 bridgehead atoms. The molecule has 1 aromatic rings. The molecule has 15 heavy (non-hydrogen) atoms. The van der Waals surface area contributed by atoms with E-state index in [1.54, 1.807) is 11.3 Å². The number of nitrogens with zero attached hydrogens (tertiary/aromatic N) is 1. The number of methoxy groups -OCH3 is 1. The van der Waals surface area contributed by atoms with Crippen LogP contribution in [0, 0.1) is 6.92 Å². The molecule has 1 aromatic heterocycles. The third kappa shape index (κ3) is 2.06. The van der Waals surface area contributed by atoms with Gasteiger partial charge in [-0.15, -0.1) is 11.3 Å². The summed E-state index contributed by atoms with van der Waals surface area (Å²) < 4.78 is 4.76. The lowest BCUT2D eigenvalue weighted by molar-refractivity contribution is -0.152. The average Bonchev–Trinajstić information content (AvgIpc) is 2.58. The van der Waals surface area contributed by atoms with Gasteiger partial charge in [-0.3, -0.25) is 9.69 Å². The highest BCUT2D eigenvalue weighted by Gasteiger charge is 2.35. The summed E-state index contributed by atoms with van der Waals surface area (Å²) in [6.07, 6.45) is 0.928. The number of thiophene rings is 1. The first-order chi connectivity index (χ1) is 7.22. The molecule has 0 radical (unpaired) electrons. The molecule has 0 amide bonds. The lowest BCUT2D eigenvalue weighted by atomic mass is 10.0. The molecule has 1 atom stereocenters. The second-order valence-electron chi connectivity index (χ2n) is 3.82. The van der Waals surface area contributed by atoms with E-state index in [0.717, 1.165) is 19.5 Å². The zero-order valence-electron chi connectivity index (χ0n) is 9.03. The minimum Gasteiger partial charge on any atom is -0.468 e. The second-order valence-corrected chi connectivity index (χ2v) is 4.83. The highest BCUT2D eigenvalue weighted by atomic mass is 32.1. The first-order valence-electron chi connectivity index (χ1n) is 5.07. The zero-order valence-corrected chi connectivity index (χ0v) is 9.84. The van der Waals surface area contributed by atoms with Gasteiger partial charge >= 0.3 is 5.97 Å². The fourth-order valence-electron chi connectivity index (χ4n) is 1.78. The van der Waals surface area contributed by atoms with E-state index in [2.05, 4.69) is 23.3 Å². The van der Waals surface area contributed by atoms with Gasteiger partial charge in [0, 0.05) is 18.0 Å². The summed E-state index contributed by atoms with van der Waals surface area (Å²) in [6, 6.07) is 2.10. The van der Waals surface area contributed by atoms with Gasteiger partial charge < -0.3 is 4.74 Å². The van der Waals surface area contributed by atoms with E-state index >= 15 is 0 Å². The van der Waals surface area contributed by atoms with Crippen LogP contribution in [0.5, 0.6) is 0 Å². The van der Waals surface area contributed by atoms with Gasteiger partial charge in [0.25, 0.3) is 0 Å². The van der Waals surface area contributed by atoms with E-state index in [9.17, 15) is 4.79 Å². The quantitative estimate of drug-likeness (QED) is 0.735. The SMILES string of the molecule is COC(=O)C1CCN1Cc1sccc1C. The molecule has 1 fully saturated rings. The van der Waals surface area contributed by atoms with Crippen molar-refractivity contribution in [3.05, 3.63) is 21.9 Å². The van der Waals surface area contributed by atoms with Gasteiger partial charge in [-0.25, -0.2) is 0 Å². The average molecular weight is 225 g/mol. The molecule has 82 valence electrons. The normalized spacial score (nSPS) is 21.1. The van der Waals surface area contributed by atoms with Crippen LogP contribution in [0.2, 0.25) is 0 Å². The topological polar surface area (TPSA) is 29.5 Å². The van der Waals surface area contributed by atoms with Gasteiger partial charge in [-0.05, 0) is 30.4 Å². The molecule has 3 nitrogen and oxygen atoms in total. The molecule has 0 aliphatic carbocycles. The third-order valence-corrected chi connectivity index (χ3v) is 3.93. The molecule has 1 aliphatic rings. The first kappa shape index (κ1) is 10.6. The summed E-state index contributed by atoms with van der Waals surface area (Å²) in [5.74, 6) is -0.101. The van der Waals surface area contributed by atoms with Gasteiger partial charge in [0.15, 0.2) is 0 Å². The highest BCUT2D eigenvalue weighted by molar-refractivity contribution is 7.10. The molecule has 4 heteroatoms. The van der Waals surface area contributed by atoms with Crippen LogP contribution in [-0.4, -0.2) is 30.6 Å². The van der Waals surface area contributed by atoms with E-state index in [0.29, 0.717) is 0 Å². The number of aryl methyl sites for hydroxylation is 1. The maximum absolute atomic E-state index is 11.4. The number of hydrogen-bond acceptors (Lipinski definition) is 4. The Morgan fingerprint density at radius 2 is 2.53 bits per heavy atom. The minimum atomic E-state index is -0.101. The van der Waals surface area contributed by atoms with Crippen molar-refractivity contribution in [3.63, 3.8) is 0 Å². The number of ether oxygens (including phenoxy) is 1. The molecule has 0 spiro atoms. The summed E-state index contributed by atoms with van der Waals surface area (Å²) in [5, 5.41) is 2.09. The number of rotatable bonds is 3. The van der Waals surface area contributed by atoms with Gasteiger partial charge in [0.2, 0.25) is 0 Å². The van der Waals surface area contributed by atoms with Crippen LogP contribution in [-0.2, 0) is 16.1 Å². The predicted octanol–water partition coefficient (Wildman–Crippen LogP) is 1.80. The van der Waals surface area contributed by atoms with Crippen molar-refractivity contribution < 1.29 is 9.53 Å². The predicted molar refractivity (Wildman–Crippen MR) is 59.9 cm³/mol. The summed E-state index contributed by atoms with van der Waals surface area (Å²) >= 11 is 1.75. The van der Waals surface area contributed by atoms with Crippen LogP contribution in [0.1, 0.15) is 16.9 Å². The van der Waals surface area contributed by atoms with Crippen LogP contribution < -0.4 is 0 Å². The molecule has 0 N–H and O–H groups in total. The smallest absolute Gasteiger partial charge is 0.323 e. The standard InChI is InChI=1S/C11H15NO2S/c1-8-4-6-15-10(8)7-12-5-3-9(12)11(13)14-2/h4,6,9H,3,5,7H2,1-2H3. The van der Waals surface area contributed by atoms with Crippen molar-refractivity contribution in [2.45, 2.75) is 25.9 Å². The van der Waals surface area contributed by atoms with E-state index in [1.807, 2.05) is 0 Å². The van der Waals surface area contributed by atoms with Gasteiger partial charge in [-0.2, -0.15) is 0 Å². The van der Waals surface area contributed by atoms with Crippen LogP contribution in [0.15, 0.2) is 11.4 Å². The number of hydrogen-bond donors (Lipinski definition) is 0. The van der Waals surface area contributed by atoms with Crippen LogP contribution in [0.4, 0.5) is 0 Å². The molecule has 1 saturated heterocycles. The maximum atomic E-state index is 11.4. The molecule has 1 unspecified atom stereocenters. The Morgan fingerprint density at radius 3 is 3.00 bits per heavy atom. The Balaban J connectivity index is 1.96. The van der Waals surface area contributed by atoms with E-state index < -0.39 is 0 Å². The van der Waals surface area contributed by atoms with Crippen molar-refractivity contribution in [2.24, 2.45) is 0 Å². The van der Waals surface area contributed by atoms with Gasteiger partial charge in [0.1, 0.15) is 6.04 Å². The number of esters is 1. The van der Waals surface area contributed by atoms with Crippen molar-refractivity contribution in [1.82, 2.24) is 4.90 Å². The van der Waals surface area contributed by atoms with Crippen LogP contribution >= 0.6 is 11.3 Å². The van der Waals surface area contributed by atoms with Crippen molar-refractivity contribution >= 4 is 17.3 Å². The van der Waals surface area contributed by atoms with Crippen LogP contribution in [0.25, 0.3) is 0 Å². The van der Waals surface area contributed by atoms with Crippen molar-refractivity contribution in [2.75, 3.05) is 13.7 Å². The molecule has 0 saturated carbocycles. The lowest BCUT2D eigenvalue weighted by Gasteiger charge is -2.38. The Hall–Kier alpha value is -0.870. The highest BCUT2D eigenvalue weighted by Crippen LogP contribution is 2.25. The fraction of sp³-hybridized carbons (Fsp3) is 0.545. The van der Waals surface area contributed by atoms with E-state index in [4.69, 9.17) is 4.74 Å². The van der Waals surface area contributed by atoms with Gasteiger partial charge in [-0.1, -0.05) is 0 Å². The summed E-state index contributed by atoms with van der Waals surface area (Å²) in [7, 11) is 1.45. The molecule has 2 rings (SSSR count). The number of carbonyl (C=O) groups is 1. The molecule has 2 heterocycles. The molecular formula is C11H15NO2S. The van der Waals surface area contributed by atoms with Gasteiger partial charge in [0.05, 0.1) is 7.11 Å². The summed E-state index contributed by atoms with van der Waals surface area (Å²) in [4.78, 5) is 14.9. The largest absolute Gasteiger partial charge is 0.468 e. The summed E-state index contributed by atoms with van der Waals surface area (Å²) in [6.45, 7) is 3.99. The lowest BCUT2D eigenvalue weighted by Crippen LogP contribution is -2.52. The Bertz CT molecular complexity index is 361. The monoisotopic (exact) mass is 225 g/mol. The van der Waals surface area contributed by atoms with Crippen molar-refractivity contribution in [1.29, 1.82) is 0 Å². The third-order valence-electron chi connectivity index (χ3n) is 2.92. The Kier molecular flexibility index (Phi) is 3.07. The molecule has 0 aromatic carbocycles. The Morgan fingerprint density at radius 1 is 1.73 bits per heavy atom. The molecule has 1 aliphatic heterocycles. The zero-order chi connectivity index (χ0) is 10.8. The first-order valence-corrected chi connectivity index (χ1v) is 5.95. The fourth-order valence-corrected chi connectivity index (χ4v) is 2.71. The van der Waals surface area contributed by atoms with E-state index in [1.165, 1.54) is 17.6 Å². The molecular weight excluding hydrogens is 210 g/mol. The second kappa shape index (κ2) is 4.33. The number of carbonyl (C=O) groups excluding carboxylic acids is 1.